The van der Waals surface area contributed by atoms with E-state index in [4.69, 9.17) is 10.5 Å². The van der Waals surface area contributed by atoms with E-state index in [1.807, 2.05) is 29.2 Å². The van der Waals surface area contributed by atoms with Gasteiger partial charge in [-0.15, -0.1) is 0 Å². The maximum Gasteiger partial charge on any atom is 0.241 e. The number of carbonyl (C=O) groups excluding carboxylic acids is 1. The minimum absolute atomic E-state index is 0.0693. The lowest BCUT2D eigenvalue weighted by Gasteiger charge is -2.26. The van der Waals surface area contributed by atoms with E-state index in [1.54, 1.807) is 26.1 Å². The fourth-order valence-corrected chi connectivity index (χ4v) is 1.69. The van der Waals surface area contributed by atoms with Crippen molar-refractivity contribution >= 4 is 11.6 Å². The topological polar surface area (TPSA) is 58.8 Å². The van der Waals surface area contributed by atoms with Crippen molar-refractivity contribution < 1.29 is 9.53 Å². The Morgan fingerprint density at radius 3 is 2.68 bits per heavy atom. The summed E-state index contributed by atoms with van der Waals surface area (Å²) >= 11 is 0. The Hall–Kier alpha value is -1.75. The number of ether oxygens (including phenoxy) is 1. The first kappa shape index (κ1) is 15.3. The molecule has 0 spiro atoms. The second-order valence-corrected chi connectivity index (χ2v) is 4.55. The number of nitrogens with two attached hydrogens (primary N) is 1. The lowest BCUT2D eigenvalue weighted by atomic mass is 10.2. The first-order valence-corrected chi connectivity index (χ1v) is 6.37. The molecule has 1 amide bonds. The lowest BCUT2D eigenvalue weighted by Crippen LogP contribution is -2.37. The average molecular weight is 265 g/mol. The van der Waals surface area contributed by atoms with Crippen LogP contribution in [0.25, 0.3) is 0 Å². The molecule has 0 saturated carbocycles. The molecule has 0 radical (unpaired) electrons. The van der Waals surface area contributed by atoms with Crippen LogP contribution in [0.2, 0.25) is 0 Å². The highest BCUT2D eigenvalue weighted by Crippen LogP contribution is 2.21. The molecule has 0 aliphatic heterocycles. The zero-order valence-corrected chi connectivity index (χ0v) is 11.9. The van der Waals surface area contributed by atoms with Gasteiger partial charge >= 0.3 is 0 Å². The molecule has 1 aromatic rings. The van der Waals surface area contributed by atoms with Gasteiger partial charge in [0.15, 0.2) is 0 Å². The van der Waals surface area contributed by atoms with E-state index >= 15 is 0 Å². The Labute approximate surface area is 114 Å². The minimum Gasteiger partial charge on any atom is -0.497 e. The van der Waals surface area contributed by atoms with Crippen LogP contribution in [-0.4, -0.2) is 51.6 Å². The van der Waals surface area contributed by atoms with Gasteiger partial charge in [-0.05, 0) is 25.1 Å². The molecule has 0 heterocycles. The van der Waals surface area contributed by atoms with Crippen molar-refractivity contribution in [2.45, 2.75) is 6.42 Å². The molecule has 0 aliphatic rings. The molecule has 0 aromatic heterocycles. The van der Waals surface area contributed by atoms with Crippen LogP contribution in [0.1, 0.15) is 6.42 Å². The molecule has 0 atom stereocenters. The second kappa shape index (κ2) is 7.63. The summed E-state index contributed by atoms with van der Waals surface area (Å²) in [4.78, 5) is 15.5. The number of rotatable bonds is 7. The predicted molar refractivity (Wildman–Crippen MR) is 77.6 cm³/mol. The number of hydrogen-bond donors (Lipinski definition) is 1. The normalized spacial score (nSPS) is 10.1. The molecule has 1 aromatic carbocycles. The van der Waals surface area contributed by atoms with Gasteiger partial charge < -0.3 is 20.3 Å². The summed E-state index contributed by atoms with van der Waals surface area (Å²) in [5, 5.41) is 0. The molecule has 2 N–H and O–H groups in total. The van der Waals surface area contributed by atoms with Gasteiger partial charge in [-0.2, -0.15) is 0 Å². The smallest absolute Gasteiger partial charge is 0.241 e. The van der Waals surface area contributed by atoms with Gasteiger partial charge in [0.05, 0.1) is 13.7 Å². The highest BCUT2D eigenvalue weighted by molar-refractivity contribution is 5.81. The molecule has 5 heteroatoms. The van der Waals surface area contributed by atoms with E-state index in [9.17, 15) is 4.79 Å². The number of likely N-dealkylation sites (N-methyl/N-ethyl adjacent to an activating group) is 1. The summed E-state index contributed by atoms with van der Waals surface area (Å²) in [6.45, 7) is 1.71. The average Bonchev–Trinajstić information content (AvgIpc) is 2.43. The van der Waals surface area contributed by atoms with Crippen molar-refractivity contribution in [2.75, 3.05) is 45.7 Å². The van der Waals surface area contributed by atoms with Crippen LogP contribution in [0.15, 0.2) is 24.3 Å². The zero-order valence-electron chi connectivity index (χ0n) is 11.9. The molecule has 5 nitrogen and oxygen atoms in total. The zero-order chi connectivity index (χ0) is 14.3. The van der Waals surface area contributed by atoms with Crippen molar-refractivity contribution in [3.05, 3.63) is 24.3 Å². The van der Waals surface area contributed by atoms with E-state index < -0.39 is 0 Å². The Morgan fingerprint density at radius 1 is 1.37 bits per heavy atom. The summed E-state index contributed by atoms with van der Waals surface area (Å²) in [6, 6.07) is 7.71. The Morgan fingerprint density at radius 2 is 2.11 bits per heavy atom. The van der Waals surface area contributed by atoms with Crippen LogP contribution in [-0.2, 0) is 4.79 Å². The van der Waals surface area contributed by atoms with Gasteiger partial charge in [0.25, 0.3) is 0 Å². The van der Waals surface area contributed by atoms with Gasteiger partial charge in [0.2, 0.25) is 5.91 Å². The number of methoxy groups -OCH3 is 1. The van der Waals surface area contributed by atoms with Crippen molar-refractivity contribution in [3.63, 3.8) is 0 Å². The predicted octanol–water partition coefficient (Wildman–Crippen LogP) is 0.939. The number of nitrogens with zero attached hydrogens (tertiary/aromatic N) is 2. The number of amides is 1. The molecule has 0 unspecified atom stereocenters. The molecule has 0 fully saturated rings. The van der Waals surface area contributed by atoms with Crippen molar-refractivity contribution in [1.29, 1.82) is 0 Å². The number of hydrogen-bond acceptors (Lipinski definition) is 4. The largest absolute Gasteiger partial charge is 0.497 e. The fourth-order valence-electron chi connectivity index (χ4n) is 1.69. The third-order valence-electron chi connectivity index (χ3n) is 2.88. The fraction of sp³-hybridized carbons (Fsp3) is 0.500. The van der Waals surface area contributed by atoms with E-state index in [1.165, 1.54) is 0 Å². The van der Waals surface area contributed by atoms with Gasteiger partial charge in [0.1, 0.15) is 5.75 Å². The SMILES string of the molecule is COc1cccc(N(CCCN)CC(=O)N(C)C)c1. The first-order chi connectivity index (χ1) is 9.08. The molecular formula is C14H23N3O2. The van der Waals surface area contributed by atoms with Crippen LogP contribution >= 0.6 is 0 Å². The summed E-state index contributed by atoms with van der Waals surface area (Å²) in [5.41, 5.74) is 6.53. The maximum atomic E-state index is 11.9. The minimum atomic E-state index is 0.0693. The number of carbonyl (C=O) groups is 1. The van der Waals surface area contributed by atoms with Crippen LogP contribution in [0.4, 0.5) is 5.69 Å². The quantitative estimate of drug-likeness (QED) is 0.797. The van der Waals surface area contributed by atoms with Crippen molar-refractivity contribution in [3.8, 4) is 5.75 Å². The van der Waals surface area contributed by atoms with Gasteiger partial charge in [-0.1, -0.05) is 6.07 Å². The van der Waals surface area contributed by atoms with E-state index in [2.05, 4.69) is 0 Å². The summed E-state index contributed by atoms with van der Waals surface area (Å²) in [6.07, 6.45) is 0.845. The molecule has 1 rings (SSSR count). The standard InChI is InChI=1S/C14H23N3O2/c1-16(2)14(18)11-17(9-5-8-15)12-6-4-7-13(10-12)19-3/h4,6-7,10H,5,8-9,11,15H2,1-3H3. The third-order valence-corrected chi connectivity index (χ3v) is 2.88. The molecule has 106 valence electrons. The second-order valence-electron chi connectivity index (χ2n) is 4.55. The molecule has 0 bridgehead atoms. The monoisotopic (exact) mass is 265 g/mol. The van der Waals surface area contributed by atoms with E-state index in [0.717, 1.165) is 24.4 Å². The highest BCUT2D eigenvalue weighted by atomic mass is 16.5. The maximum absolute atomic E-state index is 11.9. The summed E-state index contributed by atoms with van der Waals surface area (Å²) in [5.74, 6) is 0.854. The van der Waals surface area contributed by atoms with E-state index in [-0.39, 0.29) is 5.91 Å². The van der Waals surface area contributed by atoms with Crippen LogP contribution < -0.4 is 15.4 Å². The molecule has 19 heavy (non-hydrogen) atoms. The Balaban J connectivity index is 2.85. The molecule has 0 aliphatic carbocycles. The van der Waals surface area contributed by atoms with Crippen molar-refractivity contribution in [2.24, 2.45) is 5.73 Å². The van der Waals surface area contributed by atoms with E-state index in [0.29, 0.717) is 13.1 Å². The van der Waals surface area contributed by atoms with Gasteiger partial charge in [-0.25, -0.2) is 0 Å². The number of anilines is 1. The Bertz CT molecular complexity index is 407. The van der Waals surface area contributed by atoms with Gasteiger partial charge in [0, 0.05) is 32.4 Å². The van der Waals surface area contributed by atoms with Crippen molar-refractivity contribution in [1.82, 2.24) is 4.90 Å². The summed E-state index contributed by atoms with van der Waals surface area (Å²) < 4.78 is 5.22. The lowest BCUT2D eigenvalue weighted by molar-refractivity contribution is -0.127. The van der Waals surface area contributed by atoms with Crippen LogP contribution in [0.3, 0.4) is 0 Å². The van der Waals surface area contributed by atoms with Crippen LogP contribution in [0, 0.1) is 0 Å². The first-order valence-electron chi connectivity index (χ1n) is 6.37. The highest BCUT2D eigenvalue weighted by Gasteiger charge is 2.13. The van der Waals surface area contributed by atoms with Crippen LogP contribution in [0.5, 0.6) is 5.75 Å². The third kappa shape index (κ3) is 4.79. The van der Waals surface area contributed by atoms with Gasteiger partial charge in [-0.3, -0.25) is 4.79 Å². The Kier molecular flexibility index (Phi) is 6.15. The molecular weight excluding hydrogens is 242 g/mol. The number of benzene rings is 1. The molecule has 0 saturated heterocycles. The summed E-state index contributed by atoms with van der Waals surface area (Å²) in [7, 11) is 5.15.